The first-order chi connectivity index (χ1) is 31.7. The van der Waals surface area contributed by atoms with Gasteiger partial charge in [-0.3, -0.25) is 0 Å². The fourth-order valence-corrected chi connectivity index (χ4v) is 8.97. The Bertz CT molecular complexity index is 3550. The quantitative estimate of drug-likeness (QED) is 0.143. The summed E-state index contributed by atoms with van der Waals surface area (Å²) in [4.78, 5) is 15.2. The lowest BCUT2D eigenvalue weighted by Gasteiger charge is -2.18. The Morgan fingerprint density at radius 3 is 1.52 bits per heavy atom. The molecule has 64 heavy (non-hydrogen) atoms. The van der Waals surface area contributed by atoms with Crippen LogP contribution in [-0.2, 0) is 0 Å². The maximum atomic E-state index is 10.6. The highest BCUT2D eigenvalue weighted by atomic mass is 15.0. The molecule has 0 spiro atoms. The SMILES string of the molecule is N#Cc1cccc(-c2ccccc2-c2cc3ccccc3c3ccccc23)c1-c1ccc(-c2cccc(-c3nc(-c4ccccc4)nc(-c4ccccc4-c4ccccc4)n3)c2)cc1. The van der Waals surface area contributed by atoms with Gasteiger partial charge in [-0.25, -0.2) is 15.0 Å². The van der Waals surface area contributed by atoms with Gasteiger partial charge >= 0.3 is 0 Å². The monoisotopic (exact) mass is 814 g/mol. The molecule has 0 saturated carbocycles. The predicted octanol–water partition coefficient (Wildman–Crippen LogP) is 15.4. The third-order valence-electron chi connectivity index (χ3n) is 12.0. The van der Waals surface area contributed by atoms with Crippen LogP contribution in [0.5, 0.6) is 0 Å². The highest BCUT2D eigenvalue weighted by molar-refractivity contribution is 6.15. The van der Waals surface area contributed by atoms with Crippen molar-refractivity contribution in [3.63, 3.8) is 0 Å². The molecule has 0 unspecified atom stereocenters. The molecular weight excluding hydrogens is 777 g/mol. The van der Waals surface area contributed by atoms with Gasteiger partial charge in [0, 0.05) is 22.3 Å². The van der Waals surface area contributed by atoms with Gasteiger partial charge in [0.15, 0.2) is 17.5 Å². The summed E-state index contributed by atoms with van der Waals surface area (Å²) in [6.45, 7) is 0. The molecule has 1 aromatic heterocycles. The molecule has 0 atom stereocenters. The lowest BCUT2D eigenvalue weighted by Crippen LogP contribution is -2.01. The number of nitrogens with zero attached hydrogens (tertiary/aromatic N) is 4. The molecular formula is C60H38N4. The molecule has 0 saturated heterocycles. The van der Waals surface area contributed by atoms with Crippen molar-refractivity contribution >= 4 is 21.5 Å². The molecule has 0 N–H and O–H groups in total. The number of hydrogen-bond acceptors (Lipinski definition) is 4. The van der Waals surface area contributed by atoms with Crippen molar-refractivity contribution in [3.8, 4) is 95.9 Å². The minimum atomic E-state index is 0.593. The maximum Gasteiger partial charge on any atom is 0.164 e. The van der Waals surface area contributed by atoms with Crippen molar-refractivity contribution in [2.24, 2.45) is 0 Å². The third kappa shape index (κ3) is 7.08. The number of aromatic nitrogens is 3. The summed E-state index contributed by atoms with van der Waals surface area (Å²) >= 11 is 0. The molecule has 0 fully saturated rings. The molecule has 0 radical (unpaired) electrons. The number of hydrogen-bond donors (Lipinski definition) is 0. The molecule has 0 aliphatic rings. The van der Waals surface area contributed by atoms with E-state index >= 15 is 0 Å². The highest BCUT2D eigenvalue weighted by Crippen LogP contribution is 2.44. The molecule has 0 amide bonds. The molecule has 10 aromatic carbocycles. The van der Waals surface area contributed by atoms with Crippen molar-refractivity contribution in [3.05, 3.63) is 236 Å². The van der Waals surface area contributed by atoms with Gasteiger partial charge in [0.25, 0.3) is 0 Å². The van der Waals surface area contributed by atoms with Crippen molar-refractivity contribution in [1.29, 1.82) is 5.26 Å². The smallest absolute Gasteiger partial charge is 0.164 e. The first kappa shape index (κ1) is 38.2. The zero-order valence-corrected chi connectivity index (χ0v) is 34.7. The van der Waals surface area contributed by atoms with E-state index in [0.29, 0.717) is 23.0 Å². The van der Waals surface area contributed by atoms with Gasteiger partial charge in [0.1, 0.15) is 0 Å². The molecule has 11 aromatic rings. The summed E-state index contributed by atoms with van der Waals surface area (Å²) in [7, 11) is 0. The Balaban J connectivity index is 0.991. The molecule has 0 bridgehead atoms. The molecule has 11 rings (SSSR count). The summed E-state index contributed by atoms with van der Waals surface area (Å²) in [6.07, 6.45) is 0. The van der Waals surface area contributed by atoms with Gasteiger partial charge in [0.2, 0.25) is 0 Å². The van der Waals surface area contributed by atoms with E-state index in [-0.39, 0.29) is 0 Å². The fraction of sp³-hybridized carbons (Fsp3) is 0. The van der Waals surface area contributed by atoms with Gasteiger partial charge < -0.3 is 0 Å². The van der Waals surface area contributed by atoms with Crippen LogP contribution in [0.3, 0.4) is 0 Å². The fourth-order valence-electron chi connectivity index (χ4n) is 8.97. The summed E-state index contributed by atoms with van der Waals surface area (Å²) < 4.78 is 0. The van der Waals surface area contributed by atoms with Crippen LogP contribution < -0.4 is 0 Å². The number of benzene rings is 10. The van der Waals surface area contributed by atoms with Crippen molar-refractivity contribution in [2.45, 2.75) is 0 Å². The normalized spacial score (nSPS) is 11.1. The first-order valence-corrected chi connectivity index (χ1v) is 21.4. The molecule has 4 heteroatoms. The third-order valence-corrected chi connectivity index (χ3v) is 12.0. The second kappa shape index (κ2) is 16.6. The largest absolute Gasteiger partial charge is 0.208 e. The molecule has 1 heterocycles. The molecule has 0 aliphatic carbocycles. The van der Waals surface area contributed by atoms with E-state index in [0.717, 1.165) is 72.3 Å². The zero-order valence-electron chi connectivity index (χ0n) is 34.7. The van der Waals surface area contributed by atoms with Gasteiger partial charge in [-0.2, -0.15) is 5.26 Å². The maximum absolute atomic E-state index is 10.6. The Kier molecular flexibility index (Phi) is 9.89. The Morgan fingerprint density at radius 1 is 0.281 bits per heavy atom. The van der Waals surface area contributed by atoms with Crippen LogP contribution in [-0.4, -0.2) is 15.0 Å². The van der Waals surface area contributed by atoms with Crippen molar-refractivity contribution in [2.75, 3.05) is 0 Å². The molecule has 0 aliphatic heterocycles. The van der Waals surface area contributed by atoms with E-state index in [1.807, 2.05) is 72.8 Å². The van der Waals surface area contributed by atoms with Crippen LogP contribution in [0.25, 0.3) is 111 Å². The van der Waals surface area contributed by atoms with E-state index in [2.05, 4.69) is 164 Å². The second-order valence-corrected chi connectivity index (χ2v) is 15.8. The van der Waals surface area contributed by atoms with E-state index < -0.39 is 0 Å². The second-order valence-electron chi connectivity index (χ2n) is 15.8. The lowest BCUT2D eigenvalue weighted by molar-refractivity contribution is 1.07. The van der Waals surface area contributed by atoms with Crippen LogP contribution in [0.2, 0.25) is 0 Å². The summed E-state index contributed by atoms with van der Waals surface area (Å²) in [5, 5.41) is 15.4. The van der Waals surface area contributed by atoms with Crippen molar-refractivity contribution in [1.82, 2.24) is 15.0 Å². The molecule has 4 nitrogen and oxygen atoms in total. The van der Waals surface area contributed by atoms with Crippen LogP contribution in [0.15, 0.2) is 231 Å². The average Bonchev–Trinajstić information content (AvgIpc) is 3.38. The Labute approximate surface area is 372 Å². The van der Waals surface area contributed by atoms with Gasteiger partial charge in [-0.1, -0.05) is 212 Å². The minimum absolute atomic E-state index is 0.593. The number of rotatable bonds is 8. The summed E-state index contributed by atoms with van der Waals surface area (Å²) in [5.74, 6) is 1.82. The van der Waals surface area contributed by atoms with E-state index in [4.69, 9.17) is 15.0 Å². The van der Waals surface area contributed by atoms with Gasteiger partial charge in [-0.05, 0) is 89.8 Å². The van der Waals surface area contributed by atoms with Gasteiger partial charge in [0.05, 0.1) is 11.6 Å². The number of nitriles is 1. The number of fused-ring (bicyclic) bond motifs is 3. The molecule has 298 valence electrons. The highest BCUT2D eigenvalue weighted by Gasteiger charge is 2.19. The van der Waals surface area contributed by atoms with E-state index in [1.54, 1.807) is 0 Å². The predicted molar refractivity (Wildman–Crippen MR) is 263 cm³/mol. The van der Waals surface area contributed by atoms with Gasteiger partial charge in [-0.15, -0.1) is 0 Å². The van der Waals surface area contributed by atoms with Crippen LogP contribution in [0.1, 0.15) is 5.56 Å². The topological polar surface area (TPSA) is 62.5 Å². The van der Waals surface area contributed by atoms with E-state index in [9.17, 15) is 5.26 Å². The van der Waals surface area contributed by atoms with Crippen molar-refractivity contribution < 1.29 is 0 Å². The Morgan fingerprint density at radius 2 is 0.781 bits per heavy atom. The summed E-state index contributed by atoms with van der Waals surface area (Å²) in [6, 6.07) is 82.2. The minimum Gasteiger partial charge on any atom is -0.208 e. The van der Waals surface area contributed by atoms with E-state index in [1.165, 1.54) is 21.5 Å². The van der Waals surface area contributed by atoms with Crippen LogP contribution in [0, 0.1) is 11.3 Å². The average molecular weight is 815 g/mol. The first-order valence-electron chi connectivity index (χ1n) is 21.4. The lowest BCUT2D eigenvalue weighted by atomic mass is 9.85. The standard InChI is InChI=1S/C60H38N4/c61-39-47-24-16-32-54(51-28-11-13-30-53(51)56-38-45-21-7-8-26-49(45)50-27-10-12-29-52(50)56)57(47)42-35-33-40(34-36-42)44-22-15-23-46(37-44)59-62-58(43-19-5-2-6-20-43)63-60(64-59)55-31-14-9-25-48(55)41-17-3-1-4-18-41/h1-38H. The van der Waals surface area contributed by atoms with Crippen LogP contribution >= 0.6 is 0 Å². The van der Waals surface area contributed by atoms with Crippen LogP contribution in [0.4, 0.5) is 0 Å². The summed E-state index contributed by atoms with van der Waals surface area (Å²) in [5.41, 5.74) is 13.8. The zero-order chi connectivity index (χ0) is 42.8. The Hall–Kier alpha value is -8.78.